The second-order valence-corrected chi connectivity index (χ2v) is 4.62. The summed E-state index contributed by atoms with van der Waals surface area (Å²) < 4.78 is 5.28. The van der Waals surface area contributed by atoms with Crippen molar-refractivity contribution >= 4 is 0 Å². The van der Waals surface area contributed by atoms with Crippen LogP contribution in [0, 0.1) is 0 Å². The van der Waals surface area contributed by atoms with E-state index in [1.807, 2.05) is 24.3 Å². The number of methoxy groups -OCH3 is 1. The lowest BCUT2D eigenvalue weighted by molar-refractivity contribution is 0.0994. The van der Waals surface area contributed by atoms with Crippen LogP contribution in [-0.4, -0.2) is 36.8 Å². The van der Waals surface area contributed by atoms with E-state index in [2.05, 4.69) is 4.90 Å². The summed E-state index contributed by atoms with van der Waals surface area (Å²) in [5.74, 6) is 0.775. The van der Waals surface area contributed by atoms with Crippen molar-refractivity contribution in [3.63, 3.8) is 0 Å². The monoisotopic (exact) mass is 235 g/mol. The van der Waals surface area contributed by atoms with Crippen LogP contribution in [0.1, 0.15) is 30.9 Å². The minimum atomic E-state index is -0.454. The van der Waals surface area contributed by atoms with Gasteiger partial charge in [0.15, 0.2) is 0 Å². The van der Waals surface area contributed by atoms with Crippen LogP contribution in [-0.2, 0) is 0 Å². The molecule has 1 unspecified atom stereocenters. The number of likely N-dealkylation sites (tertiary alicyclic amines) is 1. The number of β-amino-alcohol motifs (C(OH)–C–C–N with tert-alkyl or cyclic N) is 1. The third-order valence-corrected chi connectivity index (χ3v) is 3.38. The van der Waals surface area contributed by atoms with E-state index in [0.29, 0.717) is 6.54 Å². The number of rotatable bonds is 4. The first kappa shape index (κ1) is 12.4. The molecule has 1 heterocycles. The smallest absolute Gasteiger partial charge is 0.124 e. The van der Waals surface area contributed by atoms with Gasteiger partial charge in [0.05, 0.1) is 13.2 Å². The van der Waals surface area contributed by atoms with Crippen molar-refractivity contribution in [2.45, 2.75) is 25.4 Å². The van der Waals surface area contributed by atoms with E-state index >= 15 is 0 Å². The van der Waals surface area contributed by atoms with Gasteiger partial charge in [-0.2, -0.15) is 0 Å². The van der Waals surface area contributed by atoms with Crippen LogP contribution in [0.3, 0.4) is 0 Å². The topological polar surface area (TPSA) is 32.7 Å². The molecular weight excluding hydrogens is 214 g/mol. The Morgan fingerprint density at radius 2 is 1.94 bits per heavy atom. The number of benzene rings is 1. The summed E-state index contributed by atoms with van der Waals surface area (Å²) in [6.07, 6.45) is 3.36. The maximum absolute atomic E-state index is 10.3. The van der Waals surface area contributed by atoms with E-state index in [-0.39, 0.29) is 0 Å². The predicted octanol–water partition coefficient (Wildman–Crippen LogP) is 2.21. The molecule has 1 N–H and O–H groups in total. The Balaban J connectivity index is 2.00. The van der Waals surface area contributed by atoms with Crippen molar-refractivity contribution in [2.24, 2.45) is 0 Å². The largest absolute Gasteiger partial charge is 0.496 e. The summed E-state index contributed by atoms with van der Waals surface area (Å²) in [7, 11) is 1.65. The molecule has 1 aliphatic rings. The highest BCUT2D eigenvalue weighted by atomic mass is 16.5. The van der Waals surface area contributed by atoms with Gasteiger partial charge in [0, 0.05) is 12.1 Å². The van der Waals surface area contributed by atoms with E-state index in [1.165, 1.54) is 19.3 Å². The maximum Gasteiger partial charge on any atom is 0.124 e. The first-order chi connectivity index (χ1) is 8.31. The van der Waals surface area contributed by atoms with Crippen LogP contribution in [0.4, 0.5) is 0 Å². The number of para-hydroxylation sites is 1. The van der Waals surface area contributed by atoms with Crippen molar-refractivity contribution in [3.8, 4) is 5.75 Å². The molecule has 0 bridgehead atoms. The maximum atomic E-state index is 10.3. The van der Waals surface area contributed by atoms with Gasteiger partial charge < -0.3 is 14.7 Å². The van der Waals surface area contributed by atoms with Crippen LogP contribution >= 0.6 is 0 Å². The highest BCUT2D eigenvalue weighted by Crippen LogP contribution is 2.25. The predicted molar refractivity (Wildman–Crippen MR) is 68.2 cm³/mol. The van der Waals surface area contributed by atoms with Crippen LogP contribution < -0.4 is 4.74 Å². The van der Waals surface area contributed by atoms with Gasteiger partial charge in [-0.05, 0) is 32.0 Å². The molecule has 1 fully saturated rings. The molecule has 0 radical (unpaired) electrons. The van der Waals surface area contributed by atoms with Crippen molar-refractivity contribution in [1.82, 2.24) is 4.90 Å². The van der Waals surface area contributed by atoms with Gasteiger partial charge in [0.2, 0.25) is 0 Å². The third-order valence-electron chi connectivity index (χ3n) is 3.38. The van der Waals surface area contributed by atoms with Crippen molar-refractivity contribution in [3.05, 3.63) is 29.8 Å². The van der Waals surface area contributed by atoms with E-state index in [0.717, 1.165) is 24.4 Å². The van der Waals surface area contributed by atoms with Gasteiger partial charge in [-0.1, -0.05) is 24.6 Å². The Kier molecular flexibility index (Phi) is 4.40. The molecule has 0 aliphatic carbocycles. The fourth-order valence-electron chi connectivity index (χ4n) is 2.43. The Hall–Kier alpha value is -1.06. The second kappa shape index (κ2) is 6.03. The molecule has 3 nitrogen and oxygen atoms in total. The summed E-state index contributed by atoms with van der Waals surface area (Å²) in [6.45, 7) is 2.92. The number of nitrogens with zero attached hydrogens (tertiary/aromatic N) is 1. The van der Waals surface area contributed by atoms with Crippen LogP contribution in [0.15, 0.2) is 24.3 Å². The minimum absolute atomic E-state index is 0.454. The highest BCUT2D eigenvalue weighted by Gasteiger charge is 2.18. The lowest BCUT2D eigenvalue weighted by Gasteiger charge is -2.28. The normalized spacial score (nSPS) is 18.9. The first-order valence-corrected chi connectivity index (χ1v) is 6.34. The molecular formula is C14H21NO2. The van der Waals surface area contributed by atoms with Crippen LogP contribution in [0.25, 0.3) is 0 Å². The van der Waals surface area contributed by atoms with E-state index < -0.39 is 6.10 Å². The summed E-state index contributed by atoms with van der Waals surface area (Å²) in [5, 5.41) is 10.3. The molecule has 1 aromatic carbocycles. The zero-order chi connectivity index (χ0) is 12.1. The van der Waals surface area contributed by atoms with Gasteiger partial charge in [-0.3, -0.25) is 0 Å². The van der Waals surface area contributed by atoms with Gasteiger partial charge in [0.25, 0.3) is 0 Å². The molecule has 3 heteroatoms. The number of aliphatic hydroxyl groups excluding tert-OH is 1. The molecule has 2 rings (SSSR count). The summed E-state index contributed by atoms with van der Waals surface area (Å²) in [5.41, 5.74) is 0.889. The zero-order valence-corrected chi connectivity index (χ0v) is 10.4. The Morgan fingerprint density at radius 3 is 2.65 bits per heavy atom. The van der Waals surface area contributed by atoms with E-state index in [4.69, 9.17) is 4.74 Å². The highest BCUT2D eigenvalue weighted by molar-refractivity contribution is 5.35. The number of piperidine rings is 1. The first-order valence-electron chi connectivity index (χ1n) is 6.34. The SMILES string of the molecule is COc1ccccc1C(O)CN1CCCCC1. The fraction of sp³-hybridized carbons (Fsp3) is 0.571. The second-order valence-electron chi connectivity index (χ2n) is 4.62. The molecule has 1 aromatic rings. The van der Waals surface area contributed by atoms with E-state index in [1.54, 1.807) is 7.11 Å². The Morgan fingerprint density at radius 1 is 1.24 bits per heavy atom. The van der Waals surface area contributed by atoms with Crippen molar-refractivity contribution in [1.29, 1.82) is 0 Å². The molecule has 0 aromatic heterocycles. The number of hydrogen-bond acceptors (Lipinski definition) is 3. The van der Waals surface area contributed by atoms with E-state index in [9.17, 15) is 5.11 Å². The average Bonchev–Trinajstić information content (AvgIpc) is 2.40. The minimum Gasteiger partial charge on any atom is -0.496 e. The standard InChI is InChI=1S/C14H21NO2/c1-17-14-8-4-3-7-12(14)13(16)11-15-9-5-2-6-10-15/h3-4,7-8,13,16H,2,5-6,9-11H2,1H3. The molecule has 1 saturated heterocycles. The lowest BCUT2D eigenvalue weighted by Crippen LogP contribution is -2.33. The molecule has 0 amide bonds. The Labute approximate surface area is 103 Å². The van der Waals surface area contributed by atoms with Gasteiger partial charge >= 0.3 is 0 Å². The van der Waals surface area contributed by atoms with Gasteiger partial charge in [0.1, 0.15) is 5.75 Å². The van der Waals surface area contributed by atoms with Gasteiger partial charge in [-0.25, -0.2) is 0 Å². The quantitative estimate of drug-likeness (QED) is 0.868. The number of ether oxygens (including phenoxy) is 1. The van der Waals surface area contributed by atoms with Crippen LogP contribution in [0.2, 0.25) is 0 Å². The van der Waals surface area contributed by atoms with Crippen molar-refractivity contribution in [2.75, 3.05) is 26.7 Å². The summed E-state index contributed by atoms with van der Waals surface area (Å²) >= 11 is 0. The summed E-state index contributed by atoms with van der Waals surface area (Å²) in [4.78, 5) is 2.33. The molecule has 0 saturated carbocycles. The zero-order valence-electron chi connectivity index (χ0n) is 10.4. The van der Waals surface area contributed by atoms with Gasteiger partial charge in [-0.15, -0.1) is 0 Å². The summed E-state index contributed by atoms with van der Waals surface area (Å²) in [6, 6.07) is 7.70. The molecule has 17 heavy (non-hydrogen) atoms. The number of aliphatic hydroxyl groups is 1. The fourth-order valence-corrected chi connectivity index (χ4v) is 2.43. The third kappa shape index (κ3) is 3.20. The average molecular weight is 235 g/mol. The Bertz CT molecular complexity index is 348. The lowest BCUT2D eigenvalue weighted by atomic mass is 10.1. The molecule has 1 atom stereocenters. The van der Waals surface area contributed by atoms with Crippen LogP contribution in [0.5, 0.6) is 5.75 Å². The van der Waals surface area contributed by atoms with Crippen molar-refractivity contribution < 1.29 is 9.84 Å². The molecule has 94 valence electrons. The molecule has 1 aliphatic heterocycles. The number of hydrogen-bond donors (Lipinski definition) is 1. The molecule has 0 spiro atoms.